The van der Waals surface area contributed by atoms with Crippen LogP contribution < -0.4 is 0 Å². The Kier molecular flexibility index (Phi) is 5.60. The third kappa shape index (κ3) is 4.08. The molecule has 1 atom stereocenters. The highest BCUT2D eigenvalue weighted by Crippen LogP contribution is 2.17. The molecule has 1 aliphatic rings. The highest BCUT2D eigenvalue weighted by Gasteiger charge is 2.21. The fourth-order valence-electron chi connectivity index (χ4n) is 2.81. The summed E-state index contributed by atoms with van der Waals surface area (Å²) in [5.41, 5.74) is 2.27. The zero-order chi connectivity index (χ0) is 14.4. The van der Waals surface area contributed by atoms with Crippen LogP contribution in [-0.2, 0) is 6.54 Å². The molecule has 108 valence electrons. The zero-order valence-electron chi connectivity index (χ0n) is 12.5. The van der Waals surface area contributed by atoms with Gasteiger partial charge in [0.15, 0.2) is 0 Å². The van der Waals surface area contributed by atoms with Gasteiger partial charge in [-0.05, 0) is 45.1 Å². The van der Waals surface area contributed by atoms with Crippen LogP contribution in [0.15, 0.2) is 24.3 Å². The molecule has 0 spiro atoms. The fourth-order valence-corrected chi connectivity index (χ4v) is 2.81. The van der Waals surface area contributed by atoms with E-state index in [4.69, 9.17) is 5.11 Å². The van der Waals surface area contributed by atoms with Gasteiger partial charge in [-0.3, -0.25) is 4.90 Å². The lowest BCUT2D eigenvalue weighted by molar-refractivity contribution is 0.129. The smallest absolute Gasteiger partial charge is 0.104 e. The Morgan fingerprint density at radius 3 is 2.95 bits per heavy atom. The molecule has 1 fully saturated rings. The Labute approximate surface area is 122 Å². The summed E-state index contributed by atoms with van der Waals surface area (Å²) in [6.45, 7) is 3.18. The minimum Gasteiger partial charge on any atom is -0.384 e. The van der Waals surface area contributed by atoms with Crippen LogP contribution in [-0.4, -0.2) is 54.7 Å². The summed E-state index contributed by atoms with van der Waals surface area (Å²) in [6, 6.07) is 8.83. The van der Waals surface area contributed by atoms with E-state index in [-0.39, 0.29) is 6.61 Å². The topological polar surface area (TPSA) is 26.7 Å². The van der Waals surface area contributed by atoms with Gasteiger partial charge in [0.05, 0.1) is 0 Å². The van der Waals surface area contributed by atoms with Crippen LogP contribution in [0.3, 0.4) is 0 Å². The van der Waals surface area contributed by atoms with E-state index in [0.717, 1.165) is 18.7 Å². The summed E-state index contributed by atoms with van der Waals surface area (Å²) < 4.78 is 0. The summed E-state index contributed by atoms with van der Waals surface area (Å²) in [6.07, 6.45) is 2.54. The molecule has 1 unspecified atom stereocenters. The lowest BCUT2D eigenvalue weighted by Crippen LogP contribution is -2.44. The second kappa shape index (κ2) is 7.44. The highest BCUT2D eigenvalue weighted by molar-refractivity contribution is 5.41. The van der Waals surface area contributed by atoms with E-state index < -0.39 is 0 Å². The quantitative estimate of drug-likeness (QED) is 0.846. The Hall–Kier alpha value is -1.34. The number of hydrogen-bond donors (Lipinski definition) is 1. The number of piperidine rings is 1. The van der Waals surface area contributed by atoms with Gasteiger partial charge >= 0.3 is 0 Å². The summed E-state index contributed by atoms with van der Waals surface area (Å²) in [7, 11) is 4.39. The number of aliphatic hydroxyl groups excluding tert-OH is 1. The summed E-state index contributed by atoms with van der Waals surface area (Å²) in [4.78, 5) is 4.83. The summed E-state index contributed by atoms with van der Waals surface area (Å²) in [5, 5.41) is 8.84. The van der Waals surface area contributed by atoms with Crippen LogP contribution >= 0.6 is 0 Å². The molecule has 0 aliphatic carbocycles. The van der Waals surface area contributed by atoms with Crippen molar-refractivity contribution >= 4 is 0 Å². The average molecular weight is 272 g/mol. The van der Waals surface area contributed by atoms with E-state index in [0.29, 0.717) is 6.04 Å². The summed E-state index contributed by atoms with van der Waals surface area (Å²) in [5.74, 6) is 5.79. The Morgan fingerprint density at radius 2 is 2.20 bits per heavy atom. The van der Waals surface area contributed by atoms with Crippen molar-refractivity contribution in [1.29, 1.82) is 0 Å². The molecule has 1 saturated heterocycles. The molecular formula is C17H24N2O. The molecule has 0 bridgehead atoms. The van der Waals surface area contributed by atoms with Crippen molar-refractivity contribution in [3.05, 3.63) is 35.4 Å². The molecular weight excluding hydrogens is 248 g/mol. The SMILES string of the molecule is CN1CCCC(N(C)Cc2ccccc2C#CCO)C1. The largest absolute Gasteiger partial charge is 0.384 e. The third-order valence-electron chi connectivity index (χ3n) is 3.96. The fraction of sp³-hybridized carbons (Fsp3) is 0.529. The maximum Gasteiger partial charge on any atom is 0.104 e. The number of nitrogens with zero attached hydrogens (tertiary/aromatic N) is 2. The predicted molar refractivity (Wildman–Crippen MR) is 82.4 cm³/mol. The van der Waals surface area contributed by atoms with Crippen LogP contribution in [0.4, 0.5) is 0 Å². The maximum atomic E-state index is 8.84. The second-order valence-corrected chi connectivity index (χ2v) is 5.59. The van der Waals surface area contributed by atoms with Gasteiger partial charge in [-0.2, -0.15) is 0 Å². The van der Waals surface area contributed by atoms with Gasteiger partial charge in [0.25, 0.3) is 0 Å². The molecule has 1 aromatic carbocycles. The number of aliphatic hydroxyl groups is 1. The predicted octanol–water partition coefficient (Wildman–Crippen LogP) is 1.56. The Morgan fingerprint density at radius 1 is 1.40 bits per heavy atom. The molecule has 1 aromatic rings. The van der Waals surface area contributed by atoms with Gasteiger partial charge in [0.2, 0.25) is 0 Å². The minimum atomic E-state index is -0.0857. The van der Waals surface area contributed by atoms with Gasteiger partial charge in [-0.25, -0.2) is 0 Å². The highest BCUT2D eigenvalue weighted by atomic mass is 16.2. The van der Waals surface area contributed by atoms with Crippen molar-refractivity contribution in [1.82, 2.24) is 9.80 Å². The summed E-state index contributed by atoms with van der Waals surface area (Å²) >= 11 is 0. The molecule has 1 N–H and O–H groups in total. The van der Waals surface area contributed by atoms with Crippen molar-refractivity contribution < 1.29 is 5.11 Å². The maximum absolute atomic E-state index is 8.84. The van der Waals surface area contributed by atoms with Crippen molar-refractivity contribution in [3.8, 4) is 11.8 Å². The molecule has 0 radical (unpaired) electrons. The molecule has 2 rings (SSSR count). The van der Waals surface area contributed by atoms with Crippen LogP contribution in [0.1, 0.15) is 24.0 Å². The van der Waals surface area contributed by atoms with E-state index in [9.17, 15) is 0 Å². The van der Waals surface area contributed by atoms with Gasteiger partial charge in [0.1, 0.15) is 6.61 Å². The van der Waals surface area contributed by atoms with E-state index in [1.165, 1.54) is 24.9 Å². The number of hydrogen-bond acceptors (Lipinski definition) is 3. The van der Waals surface area contributed by atoms with Crippen molar-refractivity contribution in [2.75, 3.05) is 33.8 Å². The first-order valence-electron chi connectivity index (χ1n) is 7.27. The number of likely N-dealkylation sites (N-methyl/N-ethyl adjacent to an activating group) is 2. The standard InChI is InChI=1S/C17H24N2O/c1-18-11-5-10-17(14-18)19(2)13-16-8-4-3-7-15(16)9-6-12-20/h3-4,7-8,17,20H,5,10-14H2,1-2H3. The molecule has 0 amide bonds. The first-order valence-corrected chi connectivity index (χ1v) is 7.27. The Balaban J connectivity index is 2.05. The van der Waals surface area contributed by atoms with Crippen LogP contribution in [0.25, 0.3) is 0 Å². The lowest BCUT2D eigenvalue weighted by Gasteiger charge is -2.36. The van der Waals surface area contributed by atoms with E-state index in [1.54, 1.807) is 0 Å². The van der Waals surface area contributed by atoms with Crippen LogP contribution in [0, 0.1) is 11.8 Å². The van der Waals surface area contributed by atoms with Gasteiger partial charge in [0, 0.05) is 24.7 Å². The normalized spacial score (nSPS) is 19.7. The van der Waals surface area contributed by atoms with Crippen molar-refractivity contribution in [3.63, 3.8) is 0 Å². The molecule has 20 heavy (non-hydrogen) atoms. The van der Waals surface area contributed by atoms with Gasteiger partial charge in [-0.1, -0.05) is 30.0 Å². The van der Waals surface area contributed by atoms with E-state index >= 15 is 0 Å². The van der Waals surface area contributed by atoms with Crippen LogP contribution in [0.5, 0.6) is 0 Å². The second-order valence-electron chi connectivity index (χ2n) is 5.59. The molecule has 0 saturated carbocycles. The first kappa shape index (κ1) is 15.1. The van der Waals surface area contributed by atoms with Gasteiger partial charge in [-0.15, -0.1) is 0 Å². The zero-order valence-corrected chi connectivity index (χ0v) is 12.5. The third-order valence-corrected chi connectivity index (χ3v) is 3.96. The number of benzene rings is 1. The minimum absolute atomic E-state index is 0.0857. The molecule has 0 aromatic heterocycles. The monoisotopic (exact) mass is 272 g/mol. The Bertz CT molecular complexity index is 489. The van der Waals surface area contributed by atoms with Crippen molar-refractivity contribution in [2.24, 2.45) is 0 Å². The van der Waals surface area contributed by atoms with Crippen molar-refractivity contribution in [2.45, 2.75) is 25.4 Å². The number of likely N-dealkylation sites (tertiary alicyclic amines) is 1. The molecule has 1 heterocycles. The van der Waals surface area contributed by atoms with E-state index in [1.807, 2.05) is 12.1 Å². The van der Waals surface area contributed by atoms with E-state index in [2.05, 4.69) is 47.9 Å². The van der Waals surface area contributed by atoms with Crippen LogP contribution in [0.2, 0.25) is 0 Å². The molecule has 3 heteroatoms. The average Bonchev–Trinajstić information content (AvgIpc) is 2.46. The lowest BCUT2D eigenvalue weighted by atomic mass is 10.0. The van der Waals surface area contributed by atoms with Gasteiger partial charge < -0.3 is 10.0 Å². The first-order chi connectivity index (χ1) is 9.70. The number of rotatable bonds is 3. The molecule has 3 nitrogen and oxygen atoms in total. The molecule has 1 aliphatic heterocycles.